The zero-order valence-corrected chi connectivity index (χ0v) is 10.7. The summed E-state index contributed by atoms with van der Waals surface area (Å²) in [5.41, 5.74) is 0.418. The van der Waals surface area contributed by atoms with Crippen molar-refractivity contribution in [2.75, 3.05) is 13.7 Å². The van der Waals surface area contributed by atoms with Crippen molar-refractivity contribution in [2.24, 2.45) is 13.0 Å². The van der Waals surface area contributed by atoms with Gasteiger partial charge in [-0.2, -0.15) is 0 Å². The first-order valence-electron chi connectivity index (χ1n) is 6.15. The molecule has 6 heteroatoms. The van der Waals surface area contributed by atoms with E-state index >= 15 is 0 Å². The van der Waals surface area contributed by atoms with Gasteiger partial charge in [-0.3, -0.25) is 9.48 Å². The number of methoxy groups -OCH3 is 1. The Hall–Kier alpha value is -1.56. The second kappa shape index (κ2) is 5.39. The highest BCUT2D eigenvalue weighted by Gasteiger charge is 2.29. The number of aliphatic hydroxyl groups excluding tert-OH is 1. The summed E-state index contributed by atoms with van der Waals surface area (Å²) in [5.74, 6) is 0.538. The van der Waals surface area contributed by atoms with Crippen molar-refractivity contribution in [3.63, 3.8) is 0 Å². The molecule has 0 spiro atoms. The first kappa shape index (κ1) is 12.9. The lowest BCUT2D eigenvalue weighted by molar-refractivity contribution is 0.0934. The van der Waals surface area contributed by atoms with Crippen molar-refractivity contribution >= 4 is 5.91 Å². The van der Waals surface area contributed by atoms with E-state index in [2.05, 4.69) is 10.4 Å². The Morgan fingerprint density at radius 1 is 1.72 bits per heavy atom. The van der Waals surface area contributed by atoms with Gasteiger partial charge in [-0.15, -0.1) is 5.10 Å². The molecule has 0 unspecified atom stereocenters. The van der Waals surface area contributed by atoms with Gasteiger partial charge in [0.05, 0.1) is 13.2 Å². The highest BCUT2D eigenvalue weighted by molar-refractivity contribution is 5.96. The van der Waals surface area contributed by atoms with Crippen LogP contribution in [0.4, 0.5) is 0 Å². The third-order valence-corrected chi connectivity index (χ3v) is 3.12. The van der Waals surface area contributed by atoms with E-state index in [1.807, 2.05) is 0 Å². The Kier molecular flexibility index (Phi) is 3.86. The number of aryl methyl sites for hydroxylation is 1. The molecule has 0 aliphatic heterocycles. The molecule has 1 heterocycles. The van der Waals surface area contributed by atoms with Crippen LogP contribution in [0.1, 0.15) is 29.6 Å². The first-order chi connectivity index (χ1) is 8.61. The standard InChI is InChI=1S/C12H19N3O3/c1-15-7-9(12(14-15)18-2)11(17)13-6-5-10(16)8-3-4-8/h7-8,10,16H,3-6H2,1-2H3,(H,13,17)/t10-/m0/s1. The fourth-order valence-corrected chi connectivity index (χ4v) is 1.92. The third kappa shape index (κ3) is 3.01. The van der Waals surface area contributed by atoms with Gasteiger partial charge in [0.1, 0.15) is 5.56 Å². The van der Waals surface area contributed by atoms with Gasteiger partial charge in [0.15, 0.2) is 0 Å². The molecular formula is C12H19N3O3. The van der Waals surface area contributed by atoms with Crippen LogP contribution in [0.15, 0.2) is 6.20 Å². The molecule has 100 valence electrons. The van der Waals surface area contributed by atoms with Gasteiger partial charge >= 0.3 is 0 Å². The average molecular weight is 253 g/mol. The molecule has 0 radical (unpaired) electrons. The molecule has 18 heavy (non-hydrogen) atoms. The zero-order chi connectivity index (χ0) is 13.1. The molecule has 0 saturated heterocycles. The topological polar surface area (TPSA) is 76.4 Å². The van der Waals surface area contributed by atoms with Gasteiger partial charge in [0.2, 0.25) is 5.88 Å². The smallest absolute Gasteiger partial charge is 0.258 e. The number of hydrogen-bond acceptors (Lipinski definition) is 4. The minimum atomic E-state index is -0.291. The van der Waals surface area contributed by atoms with Crippen LogP contribution in [-0.2, 0) is 7.05 Å². The van der Waals surface area contributed by atoms with Crippen molar-refractivity contribution in [3.8, 4) is 5.88 Å². The van der Waals surface area contributed by atoms with E-state index < -0.39 is 0 Å². The maximum Gasteiger partial charge on any atom is 0.258 e. The molecule has 1 aromatic heterocycles. The van der Waals surface area contributed by atoms with Crippen LogP contribution in [-0.4, -0.2) is 40.6 Å². The largest absolute Gasteiger partial charge is 0.479 e. The van der Waals surface area contributed by atoms with Crippen molar-refractivity contribution in [1.82, 2.24) is 15.1 Å². The van der Waals surface area contributed by atoms with Crippen LogP contribution < -0.4 is 10.1 Å². The molecule has 6 nitrogen and oxygen atoms in total. The highest BCUT2D eigenvalue weighted by atomic mass is 16.5. The predicted molar refractivity (Wildman–Crippen MR) is 65.4 cm³/mol. The fourth-order valence-electron chi connectivity index (χ4n) is 1.92. The zero-order valence-electron chi connectivity index (χ0n) is 10.7. The van der Waals surface area contributed by atoms with E-state index in [-0.39, 0.29) is 12.0 Å². The molecule has 1 aliphatic carbocycles. The second-order valence-corrected chi connectivity index (χ2v) is 4.68. The predicted octanol–water partition coefficient (Wildman–Crippen LogP) is 0.319. The molecule has 1 atom stereocenters. The SMILES string of the molecule is COc1nn(C)cc1C(=O)NCC[C@H](O)C1CC1. The van der Waals surface area contributed by atoms with Crippen LogP contribution in [0.2, 0.25) is 0 Å². The monoisotopic (exact) mass is 253 g/mol. The van der Waals surface area contributed by atoms with E-state index in [9.17, 15) is 9.90 Å². The summed E-state index contributed by atoms with van der Waals surface area (Å²) in [6, 6.07) is 0. The van der Waals surface area contributed by atoms with E-state index in [4.69, 9.17) is 4.74 Å². The summed E-state index contributed by atoms with van der Waals surface area (Å²) < 4.78 is 6.56. The lowest BCUT2D eigenvalue weighted by atomic mass is 10.1. The molecule has 1 aromatic rings. The van der Waals surface area contributed by atoms with Crippen molar-refractivity contribution in [3.05, 3.63) is 11.8 Å². The molecule has 1 saturated carbocycles. The Balaban J connectivity index is 1.82. The second-order valence-electron chi connectivity index (χ2n) is 4.68. The van der Waals surface area contributed by atoms with Crippen molar-refractivity contribution < 1.29 is 14.6 Å². The molecule has 2 rings (SSSR count). The van der Waals surface area contributed by atoms with Gasteiger partial charge in [0.25, 0.3) is 5.91 Å². The lowest BCUT2D eigenvalue weighted by Gasteiger charge is -2.09. The van der Waals surface area contributed by atoms with Gasteiger partial charge in [-0.05, 0) is 25.2 Å². The molecule has 1 amide bonds. The van der Waals surface area contributed by atoms with Crippen molar-refractivity contribution in [1.29, 1.82) is 0 Å². The van der Waals surface area contributed by atoms with Crippen LogP contribution in [0, 0.1) is 5.92 Å². The summed E-state index contributed by atoms with van der Waals surface area (Å²) in [7, 11) is 3.21. The third-order valence-electron chi connectivity index (χ3n) is 3.12. The number of hydrogen-bond donors (Lipinski definition) is 2. The number of rotatable bonds is 6. The van der Waals surface area contributed by atoms with Crippen LogP contribution in [0.3, 0.4) is 0 Å². The van der Waals surface area contributed by atoms with Gasteiger partial charge in [0, 0.05) is 19.8 Å². The average Bonchev–Trinajstić information content (AvgIpc) is 3.12. The summed E-state index contributed by atoms with van der Waals surface area (Å²) in [5, 5.41) is 16.5. The van der Waals surface area contributed by atoms with E-state index in [0.717, 1.165) is 12.8 Å². The molecule has 1 aliphatic rings. The number of carbonyl (C=O) groups excluding carboxylic acids is 1. The van der Waals surface area contributed by atoms with Crippen LogP contribution in [0.5, 0.6) is 5.88 Å². The highest BCUT2D eigenvalue weighted by Crippen LogP contribution is 2.33. The summed E-state index contributed by atoms with van der Waals surface area (Å²) in [4.78, 5) is 11.9. The quantitative estimate of drug-likeness (QED) is 0.765. The number of nitrogens with one attached hydrogen (secondary N) is 1. The van der Waals surface area contributed by atoms with Gasteiger partial charge < -0.3 is 15.2 Å². The summed E-state index contributed by atoms with van der Waals surface area (Å²) >= 11 is 0. The number of aliphatic hydroxyl groups is 1. The summed E-state index contributed by atoms with van der Waals surface area (Å²) in [6.07, 6.45) is 4.13. The molecule has 1 fully saturated rings. The Bertz CT molecular complexity index is 426. The maximum atomic E-state index is 11.9. The van der Waals surface area contributed by atoms with Crippen molar-refractivity contribution in [2.45, 2.75) is 25.4 Å². The van der Waals surface area contributed by atoms with Gasteiger partial charge in [-0.1, -0.05) is 0 Å². The number of carbonyl (C=O) groups is 1. The Labute approximate surface area is 106 Å². The normalized spacial score (nSPS) is 16.4. The van der Waals surface area contributed by atoms with Crippen LogP contribution in [0.25, 0.3) is 0 Å². The minimum Gasteiger partial charge on any atom is -0.479 e. The number of ether oxygens (including phenoxy) is 1. The Morgan fingerprint density at radius 3 is 3.06 bits per heavy atom. The Morgan fingerprint density at radius 2 is 2.44 bits per heavy atom. The van der Waals surface area contributed by atoms with E-state index in [1.165, 1.54) is 11.8 Å². The van der Waals surface area contributed by atoms with Gasteiger partial charge in [-0.25, -0.2) is 0 Å². The first-order valence-corrected chi connectivity index (χ1v) is 6.15. The number of aromatic nitrogens is 2. The fraction of sp³-hybridized carbons (Fsp3) is 0.667. The summed E-state index contributed by atoms with van der Waals surface area (Å²) in [6.45, 7) is 0.467. The minimum absolute atomic E-state index is 0.219. The van der Waals surface area contributed by atoms with E-state index in [0.29, 0.717) is 30.3 Å². The van der Waals surface area contributed by atoms with Crippen LogP contribution >= 0.6 is 0 Å². The molecular weight excluding hydrogens is 234 g/mol. The number of amides is 1. The van der Waals surface area contributed by atoms with E-state index in [1.54, 1.807) is 13.2 Å². The molecule has 0 bridgehead atoms. The lowest BCUT2D eigenvalue weighted by Crippen LogP contribution is -2.27. The maximum absolute atomic E-state index is 11.9. The molecule has 0 aromatic carbocycles. The molecule has 2 N–H and O–H groups in total. The number of nitrogens with zero attached hydrogens (tertiary/aromatic N) is 2.